The molecule has 8 heteroatoms. The number of carbonyl (C=O) groups excluding carboxylic acids is 1. The van der Waals surface area contributed by atoms with Crippen LogP contribution in [0.3, 0.4) is 0 Å². The zero-order chi connectivity index (χ0) is 18.1. The van der Waals surface area contributed by atoms with Crippen molar-refractivity contribution in [3.63, 3.8) is 0 Å². The number of nitro groups is 1. The van der Waals surface area contributed by atoms with Crippen molar-refractivity contribution in [1.29, 1.82) is 0 Å². The van der Waals surface area contributed by atoms with E-state index in [2.05, 4.69) is 10.3 Å². The molecule has 0 radical (unpaired) electrons. The summed E-state index contributed by atoms with van der Waals surface area (Å²) in [6.07, 6.45) is 0. The monoisotopic (exact) mass is 381 g/mol. The van der Waals surface area contributed by atoms with E-state index in [-0.39, 0.29) is 11.6 Å². The first-order valence-corrected chi connectivity index (χ1v) is 9.25. The molecule has 0 spiro atoms. The van der Waals surface area contributed by atoms with Crippen LogP contribution in [0.4, 0.5) is 11.4 Å². The summed E-state index contributed by atoms with van der Waals surface area (Å²) in [4.78, 5) is 28.8. The van der Waals surface area contributed by atoms with Gasteiger partial charge in [0.25, 0.3) is 11.6 Å². The van der Waals surface area contributed by atoms with E-state index in [0.717, 1.165) is 20.1 Å². The van der Waals surface area contributed by atoms with Crippen molar-refractivity contribution in [2.75, 3.05) is 5.32 Å². The van der Waals surface area contributed by atoms with Crippen LogP contribution in [-0.2, 0) is 0 Å². The first kappa shape index (κ1) is 16.4. The van der Waals surface area contributed by atoms with E-state index < -0.39 is 4.92 Å². The fraction of sp³-hybridized carbons (Fsp3) is 0. The molecule has 128 valence electrons. The van der Waals surface area contributed by atoms with E-state index in [1.54, 1.807) is 23.5 Å². The van der Waals surface area contributed by atoms with Crippen LogP contribution in [0.15, 0.2) is 60.7 Å². The fourth-order valence-corrected chi connectivity index (χ4v) is 4.36. The lowest BCUT2D eigenvalue weighted by atomic mass is 10.3. The predicted octanol–water partition coefficient (Wildman–Crippen LogP) is 5.19. The smallest absolute Gasteiger partial charge is 0.271 e. The number of para-hydroxylation sites is 1. The Balaban J connectivity index is 1.56. The molecule has 26 heavy (non-hydrogen) atoms. The van der Waals surface area contributed by atoms with Gasteiger partial charge in [0.2, 0.25) is 0 Å². The van der Waals surface area contributed by atoms with Crippen LogP contribution in [-0.4, -0.2) is 15.8 Å². The molecule has 0 aliphatic carbocycles. The van der Waals surface area contributed by atoms with Crippen LogP contribution in [0.2, 0.25) is 0 Å². The number of rotatable bonds is 4. The van der Waals surface area contributed by atoms with Gasteiger partial charge in [-0.3, -0.25) is 14.9 Å². The molecule has 2 heterocycles. The summed E-state index contributed by atoms with van der Waals surface area (Å²) in [7, 11) is 0. The molecule has 0 saturated carbocycles. The summed E-state index contributed by atoms with van der Waals surface area (Å²) in [6.45, 7) is 0. The summed E-state index contributed by atoms with van der Waals surface area (Å²) >= 11 is 2.92. The largest absolute Gasteiger partial charge is 0.321 e. The van der Waals surface area contributed by atoms with Crippen LogP contribution in [0.25, 0.3) is 20.1 Å². The number of anilines is 1. The zero-order valence-electron chi connectivity index (χ0n) is 13.2. The minimum absolute atomic E-state index is 0.0656. The molecule has 2 aromatic heterocycles. The van der Waals surface area contributed by atoms with Crippen molar-refractivity contribution in [3.05, 3.63) is 75.7 Å². The second kappa shape index (κ2) is 6.66. The number of carbonyl (C=O) groups is 1. The third-order valence-corrected chi connectivity index (χ3v) is 5.94. The molecule has 1 N–H and O–H groups in total. The number of fused-ring (bicyclic) bond motifs is 1. The quantitative estimate of drug-likeness (QED) is 0.390. The summed E-state index contributed by atoms with van der Waals surface area (Å²) in [6, 6.07) is 17.4. The molecule has 4 aromatic rings. The number of hydrogen-bond acceptors (Lipinski definition) is 6. The minimum Gasteiger partial charge on any atom is -0.321 e. The highest BCUT2D eigenvalue weighted by Gasteiger charge is 2.14. The van der Waals surface area contributed by atoms with E-state index in [4.69, 9.17) is 0 Å². The Morgan fingerprint density at radius 1 is 1.04 bits per heavy atom. The molecule has 0 aliphatic rings. The molecular weight excluding hydrogens is 370 g/mol. The summed E-state index contributed by atoms with van der Waals surface area (Å²) < 4.78 is 1.10. The standard InChI is InChI=1S/C18H11N3O3S2/c22-17(19-11-4-3-5-12(10-11)21(23)24)15-8-9-16(25-15)18-20-13-6-1-2-7-14(13)26-18/h1-10H,(H,19,22). The highest BCUT2D eigenvalue weighted by atomic mass is 32.1. The number of benzene rings is 2. The predicted molar refractivity (Wildman–Crippen MR) is 104 cm³/mol. The van der Waals surface area contributed by atoms with E-state index in [9.17, 15) is 14.9 Å². The lowest BCUT2D eigenvalue weighted by molar-refractivity contribution is -0.384. The Hall–Kier alpha value is -3.10. The Morgan fingerprint density at radius 3 is 2.69 bits per heavy atom. The highest BCUT2D eigenvalue weighted by molar-refractivity contribution is 7.26. The second-order valence-electron chi connectivity index (χ2n) is 5.41. The van der Waals surface area contributed by atoms with Crippen molar-refractivity contribution >= 4 is 50.2 Å². The molecule has 0 aliphatic heterocycles. The van der Waals surface area contributed by atoms with Gasteiger partial charge in [-0.15, -0.1) is 22.7 Å². The molecule has 6 nitrogen and oxygen atoms in total. The maximum absolute atomic E-state index is 12.4. The summed E-state index contributed by atoms with van der Waals surface area (Å²) in [5.41, 5.74) is 1.26. The van der Waals surface area contributed by atoms with Crippen LogP contribution in [0, 0.1) is 10.1 Å². The lowest BCUT2D eigenvalue weighted by Crippen LogP contribution is -2.10. The molecule has 0 bridgehead atoms. The number of aromatic nitrogens is 1. The van der Waals surface area contributed by atoms with Crippen LogP contribution in [0.1, 0.15) is 9.67 Å². The molecule has 4 rings (SSSR count). The third-order valence-electron chi connectivity index (χ3n) is 3.65. The van der Waals surface area contributed by atoms with Crippen molar-refractivity contribution in [2.45, 2.75) is 0 Å². The van der Waals surface area contributed by atoms with Gasteiger partial charge in [0.05, 0.1) is 24.9 Å². The second-order valence-corrected chi connectivity index (χ2v) is 7.53. The zero-order valence-corrected chi connectivity index (χ0v) is 14.8. The first-order valence-electron chi connectivity index (χ1n) is 7.62. The summed E-state index contributed by atoms with van der Waals surface area (Å²) in [5, 5.41) is 14.4. The average Bonchev–Trinajstić information content (AvgIpc) is 3.28. The molecule has 0 unspecified atom stereocenters. The van der Waals surface area contributed by atoms with Crippen molar-refractivity contribution in [2.24, 2.45) is 0 Å². The number of non-ortho nitro benzene ring substituents is 1. The van der Waals surface area contributed by atoms with Crippen LogP contribution in [0.5, 0.6) is 0 Å². The summed E-state index contributed by atoms with van der Waals surface area (Å²) in [5.74, 6) is -0.303. The van der Waals surface area contributed by atoms with Crippen molar-refractivity contribution < 1.29 is 9.72 Å². The topological polar surface area (TPSA) is 85.1 Å². The Morgan fingerprint density at radius 2 is 1.88 bits per heavy atom. The normalized spacial score (nSPS) is 10.8. The van der Waals surface area contributed by atoms with Crippen molar-refractivity contribution in [3.8, 4) is 9.88 Å². The number of nitrogens with zero attached hydrogens (tertiary/aromatic N) is 2. The maximum Gasteiger partial charge on any atom is 0.271 e. The Kier molecular flexibility index (Phi) is 4.19. The van der Waals surface area contributed by atoms with Crippen LogP contribution < -0.4 is 5.32 Å². The van der Waals surface area contributed by atoms with Gasteiger partial charge in [-0.1, -0.05) is 18.2 Å². The Labute approximate surface area is 155 Å². The lowest BCUT2D eigenvalue weighted by Gasteiger charge is -2.02. The minimum atomic E-state index is -0.494. The van der Waals surface area contributed by atoms with Gasteiger partial charge < -0.3 is 5.32 Å². The SMILES string of the molecule is O=C(Nc1cccc([N+](=O)[O-])c1)c1ccc(-c2nc3ccccc3s2)s1. The molecular formula is C18H11N3O3S2. The number of amides is 1. The number of hydrogen-bond donors (Lipinski definition) is 1. The van der Waals surface area contributed by atoms with Gasteiger partial charge in [0.1, 0.15) is 5.01 Å². The van der Waals surface area contributed by atoms with Crippen molar-refractivity contribution in [1.82, 2.24) is 4.98 Å². The van der Waals surface area contributed by atoms with Gasteiger partial charge >= 0.3 is 0 Å². The number of thiazole rings is 1. The van der Waals surface area contributed by atoms with E-state index in [1.165, 1.54) is 29.5 Å². The molecule has 1 amide bonds. The van der Waals surface area contributed by atoms with Gasteiger partial charge in [-0.25, -0.2) is 4.98 Å². The van der Waals surface area contributed by atoms with Crippen LogP contribution >= 0.6 is 22.7 Å². The molecule has 2 aromatic carbocycles. The molecule has 0 atom stereocenters. The first-order chi connectivity index (χ1) is 12.6. The van der Waals surface area contributed by atoms with E-state index in [0.29, 0.717) is 10.6 Å². The van der Waals surface area contributed by atoms with Gasteiger partial charge in [0, 0.05) is 17.8 Å². The van der Waals surface area contributed by atoms with Gasteiger partial charge in [-0.2, -0.15) is 0 Å². The van der Waals surface area contributed by atoms with Gasteiger partial charge in [0.15, 0.2) is 0 Å². The maximum atomic E-state index is 12.4. The number of thiophene rings is 1. The Bertz CT molecular complexity index is 1100. The third kappa shape index (κ3) is 3.19. The molecule has 0 saturated heterocycles. The number of nitro benzene ring substituents is 1. The molecule has 0 fully saturated rings. The average molecular weight is 381 g/mol. The van der Waals surface area contributed by atoms with E-state index in [1.807, 2.05) is 30.3 Å². The fourth-order valence-electron chi connectivity index (χ4n) is 2.44. The van der Waals surface area contributed by atoms with E-state index >= 15 is 0 Å². The van der Waals surface area contributed by atoms with Gasteiger partial charge in [-0.05, 0) is 30.3 Å². The highest BCUT2D eigenvalue weighted by Crippen LogP contribution is 2.34. The number of nitrogens with one attached hydrogen (secondary N) is 1.